The lowest BCUT2D eigenvalue weighted by atomic mass is 9.99. The fourth-order valence-corrected chi connectivity index (χ4v) is 5.50. The number of nitrogens with one attached hydrogen (secondary N) is 2. The number of pyridine rings is 1. The molecule has 1 aromatic heterocycles. The number of fused-ring (bicyclic) bond motifs is 1. The highest BCUT2D eigenvalue weighted by atomic mass is 32.2. The van der Waals surface area contributed by atoms with Gasteiger partial charge in [0.1, 0.15) is 0 Å². The molecular weight excluding hydrogens is 414 g/mol. The van der Waals surface area contributed by atoms with Crippen LogP contribution in [0.1, 0.15) is 18.4 Å². The van der Waals surface area contributed by atoms with Crippen molar-refractivity contribution in [2.75, 3.05) is 19.6 Å². The summed E-state index contributed by atoms with van der Waals surface area (Å²) in [5, 5.41) is 3.59. The van der Waals surface area contributed by atoms with Crippen LogP contribution in [-0.2, 0) is 21.2 Å². The average Bonchev–Trinajstić information content (AvgIpc) is 2.79. The Bertz CT molecular complexity index is 1240. The molecular formula is C23H25N3O4S. The van der Waals surface area contributed by atoms with Crippen LogP contribution in [0.25, 0.3) is 10.9 Å². The van der Waals surface area contributed by atoms with Gasteiger partial charge < -0.3 is 10.3 Å². The van der Waals surface area contributed by atoms with Crippen LogP contribution < -0.4 is 10.9 Å². The Kier molecular flexibility index (Phi) is 6.20. The van der Waals surface area contributed by atoms with Crippen LogP contribution in [-0.4, -0.2) is 43.2 Å². The van der Waals surface area contributed by atoms with E-state index in [0.29, 0.717) is 36.8 Å². The smallest absolute Gasteiger partial charge is 0.248 e. The van der Waals surface area contributed by atoms with Crippen molar-refractivity contribution in [1.82, 2.24) is 14.6 Å². The average molecular weight is 440 g/mol. The molecule has 1 aliphatic heterocycles. The molecule has 0 saturated carbocycles. The van der Waals surface area contributed by atoms with Gasteiger partial charge in [-0.3, -0.25) is 9.59 Å². The fourth-order valence-electron chi connectivity index (χ4n) is 3.94. The minimum Gasteiger partial charge on any atom is -0.355 e. The molecule has 1 amide bonds. The van der Waals surface area contributed by atoms with E-state index in [4.69, 9.17) is 0 Å². The van der Waals surface area contributed by atoms with E-state index in [2.05, 4.69) is 10.3 Å². The van der Waals surface area contributed by atoms with E-state index >= 15 is 0 Å². The molecule has 2 N–H and O–H groups in total. The Morgan fingerprint density at radius 2 is 1.90 bits per heavy atom. The molecule has 1 saturated heterocycles. The zero-order valence-corrected chi connectivity index (χ0v) is 17.9. The third-order valence-electron chi connectivity index (χ3n) is 5.64. The first-order chi connectivity index (χ1) is 14.9. The molecule has 2 heterocycles. The SMILES string of the molecule is O=C(NCCc1ccccc1)C1CCCN(S(=O)(=O)c2ccc3[nH]c(=O)ccc3c2)C1. The number of aromatic amines is 1. The normalized spacial score (nSPS) is 17.5. The number of H-pyrrole nitrogens is 1. The number of carbonyl (C=O) groups is 1. The quantitative estimate of drug-likeness (QED) is 0.616. The van der Waals surface area contributed by atoms with Crippen LogP contribution in [0.2, 0.25) is 0 Å². The molecule has 0 radical (unpaired) electrons. The number of hydrogen-bond donors (Lipinski definition) is 2. The number of aromatic nitrogens is 1. The van der Waals surface area contributed by atoms with E-state index < -0.39 is 10.0 Å². The maximum atomic E-state index is 13.2. The summed E-state index contributed by atoms with van der Waals surface area (Å²) in [6.45, 7) is 1.08. The first kappa shape index (κ1) is 21.3. The number of benzene rings is 2. The standard InChI is InChI=1S/C23H25N3O4S/c27-22-11-8-18-15-20(9-10-21(18)25-22)31(29,30)26-14-4-7-19(16-26)23(28)24-13-12-17-5-2-1-3-6-17/h1-3,5-6,8-11,15,19H,4,7,12-14,16H2,(H,24,28)(H,25,27). The summed E-state index contributed by atoms with van der Waals surface area (Å²) in [6, 6.07) is 17.5. The summed E-state index contributed by atoms with van der Waals surface area (Å²) in [6.07, 6.45) is 2.04. The summed E-state index contributed by atoms with van der Waals surface area (Å²) in [5.41, 5.74) is 1.49. The van der Waals surface area contributed by atoms with Gasteiger partial charge in [0.05, 0.1) is 10.8 Å². The predicted molar refractivity (Wildman–Crippen MR) is 119 cm³/mol. The zero-order valence-electron chi connectivity index (χ0n) is 17.1. The second-order valence-corrected chi connectivity index (χ2v) is 9.74. The van der Waals surface area contributed by atoms with Gasteiger partial charge in [-0.15, -0.1) is 0 Å². The van der Waals surface area contributed by atoms with Crippen molar-refractivity contribution in [3.63, 3.8) is 0 Å². The molecule has 0 spiro atoms. The summed E-state index contributed by atoms with van der Waals surface area (Å²) in [5.74, 6) is -0.469. The van der Waals surface area contributed by atoms with Gasteiger partial charge in [-0.05, 0) is 54.5 Å². The Labute approximate surface area is 181 Å². The molecule has 0 bridgehead atoms. The van der Waals surface area contributed by atoms with E-state index in [9.17, 15) is 18.0 Å². The van der Waals surface area contributed by atoms with Gasteiger partial charge in [-0.25, -0.2) is 8.42 Å². The number of sulfonamides is 1. The molecule has 7 nitrogen and oxygen atoms in total. The lowest BCUT2D eigenvalue weighted by molar-refractivity contribution is -0.126. The third-order valence-corrected chi connectivity index (χ3v) is 7.50. The molecule has 4 rings (SSSR count). The van der Waals surface area contributed by atoms with E-state index in [1.807, 2.05) is 30.3 Å². The van der Waals surface area contributed by atoms with Crippen molar-refractivity contribution in [2.24, 2.45) is 5.92 Å². The molecule has 1 fully saturated rings. The number of carbonyl (C=O) groups excluding carboxylic acids is 1. The number of piperidine rings is 1. The Morgan fingerprint density at radius 3 is 2.71 bits per heavy atom. The number of hydrogen-bond acceptors (Lipinski definition) is 4. The Hall–Kier alpha value is -2.97. The second-order valence-electron chi connectivity index (χ2n) is 7.80. The maximum absolute atomic E-state index is 13.2. The highest BCUT2D eigenvalue weighted by Gasteiger charge is 2.33. The van der Waals surface area contributed by atoms with Crippen LogP contribution in [0, 0.1) is 5.92 Å². The Balaban J connectivity index is 1.42. The molecule has 3 aromatic rings. The predicted octanol–water partition coefficient (Wildman–Crippen LogP) is 2.29. The molecule has 0 aliphatic carbocycles. The molecule has 1 atom stereocenters. The molecule has 1 unspecified atom stereocenters. The number of amides is 1. The van der Waals surface area contributed by atoms with Gasteiger partial charge in [0, 0.05) is 31.2 Å². The number of nitrogens with zero attached hydrogens (tertiary/aromatic N) is 1. The zero-order chi connectivity index (χ0) is 21.8. The van der Waals surface area contributed by atoms with E-state index in [1.165, 1.54) is 16.4 Å². The summed E-state index contributed by atoms with van der Waals surface area (Å²) >= 11 is 0. The first-order valence-electron chi connectivity index (χ1n) is 10.4. The van der Waals surface area contributed by atoms with E-state index in [0.717, 1.165) is 12.0 Å². The van der Waals surface area contributed by atoms with Gasteiger partial charge in [0.2, 0.25) is 21.5 Å². The molecule has 8 heteroatoms. The van der Waals surface area contributed by atoms with Crippen LogP contribution in [0.5, 0.6) is 0 Å². The monoisotopic (exact) mass is 439 g/mol. The largest absolute Gasteiger partial charge is 0.355 e. The van der Waals surface area contributed by atoms with Gasteiger partial charge in [0.25, 0.3) is 0 Å². The third kappa shape index (κ3) is 4.86. The van der Waals surface area contributed by atoms with Gasteiger partial charge in [-0.2, -0.15) is 4.31 Å². The van der Waals surface area contributed by atoms with E-state index in [1.54, 1.807) is 18.2 Å². The summed E-state index contributed by atoms with van der Waals surface area (Å²) in [7, 11) is -3.73. The van der Waals surface area contributed by atoms with Crippen LogP contribution in [0.15, 0.2) is 70.4 Å². The fraction of sp³-hybridized carbons (Fsp3) is 0.304. The van der Waals surface area contributed by atoms with Crippen molar-refractivity contribution in [2.45, 2.75) is 24.2 Å². The van der Waals surface area contributed by atoms with Crippen molar-refractivity contribution in [1.29, 1.82) is 0 Å². The van der Waals surface area contributed by atoms with Crippen molar-refractivity contribution >= 4 is 26.8 Å². The van der Waals surface area contributed by atoms with Crippen LogP contribution >= 0.6 is 0 Å². The lowest BCUT2D eigenvalue weighted by Gasteiger charge is -2.31. The van der Waals surface area contributed by atoms with Crippen molar-refractivity contribution in [3.05, 3.63) is 76.6 Å². The molecule has 2 aromatic carbocycles. The number of rotatable bonds is 6. The summed E-state index contributed by atoms with van der Waals surface area (Å²) in [4.78, 5) is 26.9. The first-order valence-corrected chi connectivity index (χ1v) is 11.8. The second kappa shape index (κ2) is 9.03. The molecule has 1 aliphatic rings. The van der Waals surface area contributed by atoms with E-state index in [-0.39, 0.29) is 28.8 Å². The minimum absolute atomic E-state index is 0.105. The molecule has 162 valence electrons. The van der Waals surface area contributed by atoms with Crippen LogP contribution in [0.3, 0.4) is 0 Å². The van der Waals surface area contributed by atoms with Gasteiger partial charge >= 0.3 is 0 Å². The minimum atomic E-state index is -3.73. The Morgan fingerprint density at radius 1 is 1.10 bits per heavy atom. The highest BCUT2D eigenvalue weighted by molar-refractivity contribution is 7.89. The highest BCUT2D eigenvalue weighted by Crippen LogP contribution is 2.25. The summed E-state index contributed by atoms with van der Waals surface area (Å²) < 4.78 is 27.8. The van der Waals surface area contributed by atoms with Crippen molar-refractivity contribution in [3.8, 4) is 0 Å². The van der Waals surface area contributed by atoms with Crippen LogP contribution in [0.4, 0.5) is 0 Å². The lowest BCUT2D eigenvalue weighted by Crippen LogP contribution is -2.45. The molecule has 31 heavy (non-hydrogen) atoms. The van der Waals surface area contributed by atoms with Gasteiger partial charge in [0.15, 0.2) is 0 Å². The van der Waals surface area contributed by atoms with Crippen molar-refractivity contribution < 1.29 is 13.2 Å². The maximum Gasteiger partial charge on any atom is 0.248 e. The topological polar surface area (TPSA) is 99.3 Å². The van der Waals surface area contributed by atoms with Gasteiger partial charge in [-0.1, -0.05) is 30.3 Å².